The number of aromatic carboxylic acids is 1. The maximum atomic E-state index is 15.3. The van der Waals surface area contributed by atoms with Crippen LogP contribution in [-0.2, 0) is 36.6 Å². The molecule has 0 radical (unpaired) electrons. The fraction of sp³-hybridized carbons (Fsp3) is 0.357. The van der Waals surface area contributed by atoms with Crippen LogP contribution in [0.3, 0.4) is 0 Å². The number of amides is 1. The SMILES string of the molecule is COCOCc1cc(N2CC(C)n3c(c(CCCOc4cc(C)c(Cl)c(C)c4)c4ccc(Cl)c(-c5c(C)nn(C)c5C)c43)C2=O)c2c(c1)cc(C(=O)O)n2C. The van der Waals surface area contributed by atoms with Crippen LogP contribution in [0.25, 0.3) is 32.9 Å². The number of carbonyl (C=O) groups is 2. The second-order valence-electron chi connectivity index (χ2n) is 14.5. The number of fused-ring (bicyclic) bond motifs is 4. The molecule has 7 rings (SSSR count). The van der Waals surface area contributed by atoms with Crippen molar-refractivity contribution in [2.45, 2.75) is 60.1 Å². The Kier molecular flexibility index (Phi) is 10.5. The average Bonchev–Trinajstić information content (AvgIpc) is 3.74. The topological polar surface area (TPSA) is 113 Å². The van der Waals surface area contributed by atoms with E-state index in [1.54, 1.807) is 29.7 Å². The molecule has 1 unspecified atom stereocenters. The summed E-state index contributed by atoms with van der Waals surface area (Å²) in [7, 11) is 5.19. The molecule has 0 spiro atoms. The summed E-state index contributed by atoms with van der Waals surface area (Å²) in [6.07, 6.45) is 1.18. The molecule has 1 aliphatic rings. The fourth-order valence-corrected chi connectivity index (χ4v) is 8.57. The highest BCUT2D eigenvalue weighted by molar-refractivity contribution is 6.35. The van der Waals surface area contributed by atoms with Crippen molar-refractivity contribution >= 4 is 62.6 Å². The van der Waals surface area contributed by atoms with Gasteiger partial charge in [-0.15, -0.1) is 0 Å². The molecule has 0 bridgehead atoms. The zero-order chi connectivity index (χ0) is 39.5. The first kappa shape index (κ1) is 38.5. The van der Waals surface area contributed by atoms with Crippen molar-refractivity contribution in [1.29, 1.82) is 0 Å². The maximum Gasteiger partial charge on any atom is 0.352 e. The number of benzene rings is 3. The molecule has 0 saturated heterocycles. The zero-order valence-electron chi connectivity index (χ0n) is 32.3. The molecule has 13 heteroatoms. The molecule has 4 heterocycles. The Bertz CT molecular complexity index is 2490. The summed E-state index contributed by atoms with van der Waals surface area (Å²) in [4.78, 5) is 29.4. The molecular weight excluding hydrogens is 741 g/mol. The van der Waals surface area contributed by atoms with Gasteiger partial charge in [-0.2, -0.15) is 5.10 Å². The van der Waals surface area contributed by atoms with Crippen LogP contribution in [0.4, 0.5) is 5.69 Å². The summed E-state index contributed by atoms with van der Waals surface area (Å²) >= 11 is 13.5. The van der Waals surface area contributed by atoms with Crippen LogP contribution < -0.4 is 9.64 Å². The lowest BCUT2D eigenvalue weighted by molar-refractivity contribution is -0.0390. The quantitative estimate of drug-likeness (QED) is 0.0973. The lowest BCUT2D eigenvalue weighted by Gasteiger charge is -2.35. The predicted molar refractivity (Wildman–Crippen MR) is 216 cm³/mol. The first-order valence-electron chi connectivity index (χ1n) is 18.2. The Hall–Kier alpha value is -4.81. The Labute approximate surface area is 329 Å². The number of carboxylic acid groups (broad SMARTS) is 1. The standard InChI is InChI=1S/C42H45Cl2N5O6/c1-22-14-29(15-23(2)37(22)44)55-13-9-10-30-31-11-12-32(43)36(35-25(4)45-47(7)26(35)5)39(31)49-24(3)19-48(41(50)40(30)49)33-17-27(20-54-21-53-8)16-28-18-34(42(51)52)46(6)38(28)33/h11-12,14-18,24H,9-10,13,19-21H2,1-8H3,(H,51,52). The van der Waals surface area contributed by atoms with E-state index in [0.717, 1.165) is 66.4 Å². The molecule has 55 heavy (non-hydrogen) atoms. The number of aryl methyl sites for hydroxylation is 6. The van der Waals surface area contributed by atoms with Crippen LogP contribution in [0.1, 0.15) is 74.0 Å². The van der Waals surface area contributed by atoms with Crippen molar-refractivity contribution in [2.75, 3.05) is 32.0 Å². The summed E-state index contributed by atoms with van der Waals surface area (Å²) in [5.41, 5.74) is 10.0. The molecule has 1 N–H and O–H groups in total. The van der Waals surface area contributed by atoms with E-state index in [1.807, 2.05) is 75.8 Å². The third-order valence-corrected chi connectivity index (χ3v) is 11.6. The van der Waals surface area contributed by atoms with E-state index in [2.05, 4.69) is 11.5 Å². The number of anilines is 1. The van der Waals surface area contributed by atoms with Crippen molar-refractivity contribution in [3.63, 3.8) is 0 Å². The molecule has 288 valence electrons. The van der Waals surface area contributed by atoms with E-state index in [9.17, 15) is 9.90 Å². The van der Waals surface area contributed by atoms with Gasteiger partial charge in [0, 0.05) is 66.4 Å². The summed E-state index contributed by atoms with van der Waals surface area (Å²) in [5.74, 6) is -0.498. The van der Waals surface area contributed by atoms with E-state index in [-0.39, 0.29) is 31.0 Å². The van der Waals surface area contributed by atoms with Gasteiger partial charge in [-0.25, -0.2) is 4.79 Å². The summed E-state index contributed by atoms with van der Waals surface area (Å²) in [6.45, 7) is 11.1. The Balaban J connectivity index is 1.39. The number of ether oxygens (including phenoxy) is 3. The highest BCUT2D eigenvalue weighted by atomic mass is 35.5. The summed E-state index contributed by atoms with van der Waals surface area (Å²) in [5, 5.41) is 17.7. The number of methoxy groups -OCH3 is 1. The molecule has 1 atom stereocenters. The van der Waals surface area contributed by atoms with Crippen molar-refractivity contribution in [1.82, 2.24) is 18.9 Å². The second-order valence-corrected chi connectivity index (χ2v) is 15.3. The van der Waals surface area contributed by atoms with Crippen molar-refractivity contribution in [3.8, 4) is 16.9 Å². The number of rotatable bonds is 12. The van der Waals surface area contributed by atoms with Gasteiger partial charge < -0.3 is 33.4 Å². The molecule has 11 nitrogen and oxygen atoms in total. The van der Waals surface area contributed by atoms with Crippen LogP contribution in [-0.4, -0.2) is 63.0 Å². The zero-order valence-corrected chi connectivity index (χ0v) is 33.9. The monoisotopic (exact) mass is 785 g/mol. The van der Waals surface area contributed by atoms with Gasteiger partial charge >= 0.3 is 5.97 Å². The Morgan fingerprint density at radius 3 is 2.38 bits per heavy atom. The van der Waals surface area contributed by atoms with Gasteiger partial charge in [-0.05, 0) is 106 Å². The molecule has 0 fully saturated rings. The first-order chi connectivity index (χ1) is 26.2. The number of hydrogen-bond donors (Lipinski definition) is 1. The van der Waals surface area contributed by atoms with Crippen LogP contribution >= 0.6 is 23.2 Å². The number of carboxylic acids is 1. The molecule has 1 amide bonds. The molecule has 3 aromatic heterocycles. The van der Waals surface area contributed by atoms with Crippen molar-refractivity contribution in [3.05, 3.63) is 97.5 Å². The lowest BCUT2D eigenvalue weighted by Crippen LogP contribution is -2.43. The van der Waals surface area contributed by atoms with E-state index >= 15 is 4.79 Å². The highest BCUT2D eigenvalue weighted by Crippen LogP contribution is 2.46. The van der Waals surface area contributed by atoms with Gasteiger partial charge in [0.15, 0.2) is 0 Å². The minimum Gasteiger partial charge on any atom is -0.494 e. The van der Waals surface area contributed by atoms with Gasteiger partial charge in [0.05, 0.1) is 40.7 Å². The number of nitrogens with zero attached hydrogens (tertiary/aromatic N) is 5. The number of aromatic nitrogens is 4. The molecule has 3 aromatic carbocycles. The lowest BCUT2D eigenvalue weighted by atomic mass is 9.98. The number of halogens is 2. The summed E-state index contributed by atoms with van der Waals surface area (Å²) in [6, 6.07) is 13.1. The van der Waals surface area contributed by atoms with Crippen LogP contribution in [0, 0.1) is 27.7 Å². The Morgan fingerprint density at radius 2 is 1.73 bits per heavy atom. The van der Waals surface area contributed by atoms with Gasteiger partial charge in [-0.1, -0.05) is 29.3 Å². The largest absolute Gasteiger partial charge is 0.494 e. The highest BCUT2D eigenvalue weighted by Gasteiger charge is 2.38. The molecule has 1 aliphatic heterocycles. The van der Waals surface area contributed by atoms with Crippen LogP contribution in [0.5, 0.6) is 5.75 Å². The second kappa shape index (κ2) is 15.0. The molecule has 6 aromatic rings. The average molecular weight is 787 g/mol. The van der Waals surface area contributed by atoms with E-state index in [4.69, 9.17) is 42.5 Å². The van der Waals surface area contributed by atoms with E-state index in [1.165, 1.54) is 0 Å². The van der Waals surface area contributed by atoms with Crippen LogP contribution in [0.15, 0.2) is 42.5 Å². The molecular formula is C42H45Cl2N5O6. The minimum absolute atomic E-state index is 0.0907. The third-order valence-electron chi connectivity index (χ3n) is 10.7. The van der Waals surface area contributed by atoms with Gasteiger partial charge in [0.1, 0.15) is 23.9 Å². The number of carbonyl (C=O) groups excluding carboxylic acids is 1. The number of hydrogen-bond acceptors (Lipinski definition) is 6. The normalized spacial score (nSPS) is 14.4. The summed E-state index contributed by atoms with van der Waals surface area (Å²) < 4.78 is 22.7. The van der Waals surface area contributed by atoms with Crippen molar-refractivity contribution < 1.29 is 28.9 Å². The first-order valence-corrected chi connectivity index (χ1v) is 19.0. The van der Waals surface area contributed by atoms with E-state index in [0.29, 0.717) is 53.3 Å². The molecule has 0 aliphatic carbocycles. The van der Waals surface area contributed by atoms with Gasteiger partial charge in [-0.3, -0.25) is 9.48 Å². The Morgan fingerprint density at radius 1 is 1.00 bits per heavy atom. The van der Waals surface area contributed by atoms with Crippen molar-refractivity contribution in [2.24, 2.45) is 14.1 Å². The smallest absolute Gasteiger partial charge is 0.352 e. The third kappa shape index (κ3) is 6.67. The van der Waals surface area contributed by atoms with Gasteiger partial charge in [0.25, 0.3) is 5.91 Å². The molecule has 0 saturated carbocycles. The van der Waals surface area contributed by atoms with E-state index < -0.39 is 5.97 Å². The minimum atomic E-state index is -1.06. The van der Waals surface area contributed by atoms with Crippen LogP contribution in [0.2, 0.25) is 10.0 Å². The van der Waals surface area contributed by atoms with Gasteiger partial charge in [0.2, 0.25) is 0 Å². The predicted octanol–water partition coefficient (Wildman–Crippen LogP) is 9.13. The fourth-order valence-electron chi connectivity index (χ4n) is 8.22. The maximum absolute atomic E-state index is 15.3.